The van der Waals surface area contributed by atoms with Gasteiger partial charge in [-0.3, -0.25) is 9.89 Å². The quantitative estimate of drug-likeness (QED) is 0.250. The molecule has 2 rings (SSSR count). The number of thiophene rings is 1. The van der Waals surface area contributed by atoms with Crippen LogP contribution in [0.5, 0.6) is 0 Å². The van der Waals surface area contributed by atoms with Crippen molar-refractivity contribution in [3.63, 3.8) is 0 Å². The molecule has 2 unspecified atom stereocenters. The monoisotopic (exact) mass is 498 g/mol. The summed E-state index contributed by atoms with van der Waals surface area (Å²) in [5.74, 6) is 1.99. The minimum atomic E-state index is 0. The van der Waals surface area contributed by atoms with Crippen molar-refractivity contribution in [3.8, 4) is 0 Å². The molecule has 2 heterocycles. The van der Waals surface area contributed by atoms with Crippen LogP contribution in [0, 0.1) is 0 Å². The Morgan fingerprint density at radius 1 is 1.52 bits per heavy atom. The van der Waals surface area contributed by atoms with Crippen LogP contribution in [-0.4, -0.2) is 68.3 Å². The molecule has 144 valence electrons. The molecule has 0 amide bonds. The van der Waals surface area contributed by atoms with Crippen molar-refractivity contribution in [3.05, 3.63) is 22.4 Å². The van der Waals surface area contributed by atoms with E-state index in [1.54, 1.807) is 0 Å². The predicted molar refractivity (Wildman–Crippen MR) is 122 cm³/mol. The molecule has 1 saturated heterocycles. The van der Waals surface area contributed by atoms with Crippen molar-refractivity contribution in [1.82, 2.24) is 15.5 Å². The van der Waals surface area contributed by atoms with E-state index in [2.05, 4.69) is 53.1 Å². The van der Waals surface area contributed by atoms with Crippen LogP contribution in [0.2, 0.25) is 0 Å². The Balaban J connectivity index is 0.00000312. The highest BCUT2D eigenvalue weighted by Crippen LogP contribution is 2.27. The molecule has 0 aromatic carbocycles. The largest absolute Gasteiger partial charge is 0.376 e. The molecule has 8 heteroatoms. The van der Waals surface area contributed by atoms with Gasteiger partial charge in [-0.05, 0) is 31.5 Å². The Morgan fingerprint density at radius 3 is 3.00 bits per heavy atom. The van der Waals surface area contributed by atoms with Crippen molar-refractivity contribution in [2.75, 3.05) is 51.3 Å². The first-order valence-electron chi connectivity index (χ1n) is 8.64. The van der Waals surface area contributed by atoms with Gasteiger partial charge in [0.25, 0.3) is 0 Å². The standard InChI is InChI=1S/C17H30N4OS2.HI/c1-4-18-17(19-7-11-23-3)20-12-15(16-6-5-10-24-16)21-8-9-22-14(2)13-21;/h5-6,10,14-15H,4,7-9,11-13H2,1-3H3,(H2,18,19,20);1H. The lowest BCUT2D eigenvalue weighted by Crippen LogP contribution is -2.44. The van der Waals surface area contributed by atoms with Crippen LogP contribution >= 0.6 is 47.1 Å². The molecule has 1 aromatic heterocycles. The minimum absolute atomic E-state index is 0. The maximum absolute atomic E-state index is 5.70. The molecule has 1 aromatic rings. The van der Waals surface area contributed by atoms with Crippen molar-refractivity contribution in [1.29, 1.82) is 0 Å². The van der Waals surface area contributed by atoms with E-state index in [0.717, 1.165) is 51.0 Å². The van der Waals surface area contributed by atoms with Gasteiger partial charge < -0.3 is 15.4 Å². The zero-order chi connectivity index (χ0) is 17.2. The molecule has 0 spiro atoms. The smallest absolute Gasteiger partial charge is 0.191 e. The Morgan fingerprint density at radius 2 is 2.36 bits per heavy atom. The number of aliphatic imine (C=N–C) groups is 1. The molecular formula is C17H31IN4OS2. The summed E-state index contributed by atoms with van der Waals surface area (Å²) in [5, 5.41) is 8.91. The average Bonchev–Trinajstić information content (AvgIpc) is 3.09. The minimum Gasteiger partial charge on any atom is -0.376 e. The van der Waals surface area contributed by atoms with Gasteiger partial charge in [0.15, 0.2) is 5.96 Å². The van der Waals surface area contributed by atoms with E-state index in [-0.39, 0.29) is 30.1 Å². The van der Waals surface area contributed by atoms with Gasteiger partial charge in [-0.1, -0.05) is 6.07 Å². The number of rotatable bonds is 8. The number of guanidine groups is 1. The summed E-state index contributed by atoms with van der Waals surface area (Å²) in [4.78, 5) is 8.74. The number of ether oxygens (including phenoxy) is 1. The van der Waals surface area contributed by atoms with Crippen LogP contribution in [0.15, 0.2) is 22.5 Å². The summed E-state index contributed by atoms with van der Waals surface area (Å²) in [5.41, 5.74) is 0. The summed E-state index contributed by atoms with van der Waals surface area (Å²) in [6.45, 7) is 9.57. The highest BCUT2D eigenvalue weighted by molar-refractivity contribution is 14.0. The van der Waals surface area contributed by atoms with Crippen LogP contribution < -0.4 is 10.6 Å². The summed E-state index contributed by atoms with van der Waals surface area (Å²) in [7, 11) is 0. The average molecular weight is 499 g/mol. The number of halogens is 1. The Labute approximate surface area is 177 Å². The van der Waals surface area contributed by atoms with Crippen LogP contribution in [0.1, 0.15) is 24.8 Å². The SMILES string of the molecule is CCNC(=NCC(c1cccs1)N1CCOC(C)C1)NCCSC.I. The van der Waals surface area contributed by atoms with Gasteiger partial charge in [0, 0.05) is 36.8 Å². The molecule has 0 radical (unpaired) electrons. The molecule has 1 aliphatic heterocycles. The maximum Gasteiger partial charge on any atom is 0.191 e. The third kappa shape index (κ3) is 8.03. The topological polar surface area (TPSA) is 48.9 Å². The molecule has 1 aliphatic rings. The van der Waals surface area contributed by atoms with Crippen LogP contribution in [0.4, 0.5) is 0 Å². The fourth-order valence-electron chi connectivity index (χ4n) is 2.79. The normalized spacial score (nSPS) is 20.0. The van der Waals surface area contributed by atoms with E-state index in [1.165, 1.54) is 4.88 Å². The molecule has 25 heavy (non-hydrogen) atoms. The lowest BCUT2D eigenvalue weighted by atomic mass is 10.1. The fourth-order valence-corrected chi connectivity index (χ4v) is 3.94. The van der Waals surface area contributed by atoms with Gasteiger partial charge in [0.1, 0.15) is 0 Å². The second-order valence-electron chi connectivity index (χ2n) is 5.85. The highest BCUT2D eigenvalue weighted by Gasteiger charge is 2.26. The molecule has 0 saturated carbocycles. The lowest BCUT2D eigenvalue weighted by molar-refractivity contribution is -0.0327. The second-order valence-corrected chi connectivity index (χ2v) is 7.81. The van der Waals surface area contributed by atoms with E-state index >= 15 is 0 Å². The summed E-state index contributed by atoms with van der Waals surface area (Å²) in [6.07, 6.45) is 2.41. The van der Waals surface area contributed by atoms with Crippen LogP contribution in [0.25, 0.3) is 0 Å². The van der Waals surface area contributed by atoms with E-state index < -0.39 is 0 Å². The zero-order valence-corrected chi connectivity index (χ0v) is 19.3. The van der Waals surface area contributed by atoms with Gasteiger partial charge in [0.05, 0.1) is 25.3 Å². The molecule has 2 N–H and O–H groups in total. The Kier molecular flexibility index (Phi) is 12.1. The third-order valence-electron chi connectivity index (χ3n) is 3.95. The maximum atomic E-state index is 5.70. The number of nitrogens with one attached hydrogen (secondary N) is 2. The summed E-state index contributed by atoms with van der Waals surface area (Å²) >= 11 is 3.66. The van der Waals surface area contributed by atoms with Gasteiger partial charge in [-0.15, -0.1) is 35.3 Å². The molecule has 0 bridgehead atoms. The van der Waals surface area contributed by atoms with Gasteiger partial charge in [0.2, 0.25) is 0 Å². The first kappa shape index (κ1) is 23.0. The number of hydrogen-bond acceptors (Lipinski definition) is 5. The van der Waals surface area contributed by atoms with Crippen molar-refractivity contribution in [2.24, 2.45) is 4.99 Å². The Hall–Kier alpha value is -0.0300. The van der Waals surface area contributed by atoms with Crippen LogP contribution in [-0.2, 0) is 4.74 Å². The zero-order valence-electron chi connectivity index (χ0n) is 15.4. The van der Waals surface area contributed by atoms with Gasteiger partial charge in [-0.25, -0.2) is 0 Å². The van der Waals surface area contributed by atoms with Crippen molar-refractivity contribution in [2.45, 2.75) is 26.0 Å². The van der Waals surface area contributed by atoms with E-state index in [9.17, 15) is 0 Å². The first-order chi connectivity index (χ1) is 11.7. The predicted octanol–water partition coefficient (Wildman–Crippen LogP) is 3.05. The van der Waals surface area contributed by atoms with Crippen molar-refractivity contribution >= 4 is 53.0 Å². The summed E-state index contributed by atoms with van der Waals surface area (Å²) in [6, 6.07) is 4.68. The molecule has 0 aliphatic carbocycles. The third-order valence-corrected chi connectivity index (χ3v) is 5.54. The van der Waals surface area contributed by atoms with Crippen LogP contribution in [0.3, 0.4) is 0 Å². The van der Waals surface area contributed by atoms with Crippen molar-refractivity contribution < 1.29 is 4.74 Å². The molecular weight excluding hydrogens is 467 g/mol. The molecule has 1 fully saturated rings. The summed E-state index contributed by atoms with van der Waals surface area (Å²) < 4.78 is 5.70. The first-order valence-corrected chi connectivity index (χ1v) is 10.9. The lowest BCUT2D eigenvalue weighted by Gasteiger charge is -2.36. The van der Waals surface area contributed by atoms with Gasteiger partial charge >= 0.3 is 0 Å². The van der Waals surface area contributed by atoms with E-state index in [1.807, 2.05) is 23.1 Å². The number of thioether (sulfide) groups is 1. The number of morpholine rings is 1. The molecule has 2 atom stereocenters. The van der Waals surface area contributed by atoms with E-state index in [4.69, 9.17) is 9.73 Å². The number of hydrogen-bond donors (Lipinski definition) is 2. The molecule has 5 nitrogen and oxygen atoms in total. The fraction of sp³-hybridized carbons (Fsp3) is 0.706. The highest BCUT2D eigenvalue weighted by atomic mass is 127. The number of nitrogens with zero attached hydrogens (tertiary/aromatic N) is 2. The van der Waals surface area contributed by atoms with Gasteiger partial charge in [-0.2, -0.15) is 11.8 Å². The van der Waals surface area contributed by atoms with E-state index in [0.29, 0.717) is 6.04 Å². The Bertz CT molecular complexity index is 487. The second kappa shape index (κ2) is 13.2.